The summed E-state index contributed by atoms with van der Waals surface area (Å²) in [5.74, 6) is 0. The first-order valence-electron chi connectivity index (χ1n) is 5.98. The Bertz CT molecular complexity index is 437. The number of ether oxygens (including phenoxy) is 1. The molecule has 7 heteroatoms. The molecule has 1 aromatic carbocycles. The molecule has 0 fully saturated rings. The fraction of sp³-hybridized carbons (Fsp3) is 0.538. The predicted molar refractivity (Wildman–Crippen MR) is 68.5 cm³/mol. The highest BCUT2D eigenvalue weighted by molar-refractivity contribution is 5.56. The van der Waals surface area contributed by atoms with E-state index < -0.39 is 24.5 Å². The molecule has 0 spiro atoms. The van der Waals surface area contributed by atoms with Crippen LogP contribution >= 0.6 is 0 Å². The van der Waals surface area contributed by atoms with Gasteiger partial charge in [0.25, 0.3) is 0 Å². The highest BCUT2D eigenvalue weighted by Gasteiger charge is 2.34. The molecule has 1 atom stereocenters. The first kappa shape index (κ1) is 16.7. The predicted octanol–water partition coefficient (Wildman–Crippen LogP) is 1.64. The highest BCUT2D eigenvalue weighted by Crippen LogP contribution is 2.37. The average Bonchev–Trinajstić information content (AvgIpc) is 2.37. The van der Waals surface area contributed by atoms with Crippen LogP contribution in [0.3, 0.4) is 0 Å². The van der Waals surface area contributed by atoms with Crippen molar-refractivity contribution < 1.29 is 28.1 Å². The number of anilines is 1. The van der Waals surface area contributed by atoms with Crippen LogP contribution < -0.4 is 4.90 Å². The number of hydrogen-bond donors (Lipinski definition) is 2. The molecule has 0 amide bonds. The summed E-state index contributed by atoms with van der Waals surface area (Å²) in [6.07, 6.45) is -5.41. The van der Waals surface area contributed by atoms with Crippen molar-refractivity contribution in [1.29, 1.82) is 0 Å². The molecule has 0 aliphatic heterocycles. The molecular formula is C13H18F3NO3. The van der Waals surface area contributed by atoms with Gasteiger partial charge in [-0.25, -0.2) is 0 Å². The summed E-state index contributed by atoms with van der Waals surface area (Å²) >= 11 is 0. The molecule has 0 radical (unpaired) electrons. The molecule has 20 heavy (non-hydrogen) atoms. The lowest BCUT2D eigenvalue weighted by atomic mass is 10.1. The number of hydrogen-bond acceptors (Lipinski definition) is 4. The van der Waals surface area contributed by atoms with E-state index in [1.807, 2.05) is 0 Å². The number of alkyl halides is 3. The van der Waals surface area contributed by atoms with Gasteiger partial charge in [-0.3, -0.25) is 0 Å². The molecule has 0 heterocycles. The summed E-state index contributed by atoms with van der Waals surface area (Å²) < 4.78 is 43.8. The van der Waals surface area contributed by atoms with Crippen LogP contribution in [-0.4, -0.2) is 43.6 Å². The van der Waals surface area contributed by atoms with Crippen molar-refractivity contribution >= 4 is 5.69 Å². The smallest absolute Gasteiger partial charge is 0.392 e. The monoisotopic (exact) mass is 293 g/mol. The molecular weight excluding hydrogens is 275 g/mol. The molecule has 0 aliphatic carbocycles. The molecule has 4 nitrogen and oxygen atoms in total. The number of nitrogens with zero attached hydrogens (tertiary/aromatic N) is 1. The third-order valence-corrected chi connectivity index (χ3v) is 2.80. The van der Waals surface area contributed by atoms with Gasteiger partial charge in [0.05, 0.1) is 24.9 Å². The van der Waals surface area contributed by atoms with Gasteiger partial charge in [-0.2, -0.15) is 13.2 Å². The Balaban J connectivity index is 3.04. The maximum atomic E-state index is 13.0. The van der Waals surface area contributed by atoms with E-state index in [0.717, 1.165) is 6.07 Å². The Morgan fingerprint density at radius 2 is 2.00 bits per heavy atom. The van der Waals surface area contributed by atoms with Gasteiger partial charge in [0.15, 0.2) is 0 Å². The van der Waals surface area contributed by atoms with Crippen LogP contribution in [0.25, 0.3) is 0 Å². The van der Waals surface area contributed by atoms with Crippen molar-refractivity contribution in [2.24, 2.45) is 0 Å². The van der Waals surface area contributed by atoms with Crippen LogP contribution in [0.5, 0.6) is 0 Å². The number of likely N-dealkylation sites (N-methyl/N-ethyl adjacent to an activating group) is 1. The number of halogens is 3. The largest absolute Gasteiger partial charge is 0.418 e. The van der Waals surface area contributed by atoms with Crippen molar-refractivity contribution in [3.63, 3.8) is 0 Å². The van der Waals surface area contributed by atoms with Gasteiger partial charge >= 0.3 is 6.18 Å². The Morgan fingerprint density at radius 1 is 1.35 bits per heavy atom. The standard InChI is InChI=1S/C13H18F3NO3/c1-17(6-10(19)8-20-2)12-4-3-9(7-18)5-11(12)13(14,15)16/h3-5,10,18-19H,6-8H2,1-2H3. The van der Waals surface area contributed by atoms with E-state index in [-0.39, 0.29) is 24.4 Å². The van der Waals surface area contributed by atoms with Crippen LogP contribution in [0.15, 0.2) is 18.2 Å². The molecule has 0 saturated carbocycles. The topological polar surface area (TPSA) is 52.9 Å². The fourth-order valence-corrected chi connectivity index (χ4v) is 1.90. The molecule has 114 valence electrons. The van der Waals surface area contributed by atoms with E-state index in [2.05, 4.69) is 0 Å². The lowest BCUT2D eigenvalue weighted by Gasteiger charge is -2.26. The SMILES string of the molecule is COCC(O)CN(C)c1ccc(CO)cc1C(F)(F)F. The number of aliphatic hydroxyl groups is 2. The first-order chi connectivity index (χ1) is 9.29. The normalized spacial score (nSPS) is 13.3. The van der Waals surface area contributed by atoms with E-state index >= 15 is 0 Å². The second-order valence-corrected chi connectivity index (χ2v) is 4.50. The molecule has 0 aromatic heterocycles. The van der Waals surface area contributed by atoms with E-state index in [4.69, 9.17) is 9.84 Å². The van der Waals surface area contributed by atoms with E-state index in [1.165, 1.54) is 31.2 Å². The minimum atomic E-state index is -4.53. The minimum Gasteiger partial charge on any atom is -0.392 e. The van der Waals surface area contributed by atoms with Crippen LogP contribution in [-0.2, 0) is 17.5 Å². The third-order valence-electron chi connectivity index (χ3n) is 2.80. The highest BCUT2D eigenvalue weighted by atomic mass is 19.4. The maximum Gasteiger partial charge on any atom is 0.418 e. The minimum absolute atomic E-state index is 0.00932. The number of benzene rings is 1. The molecule has 0 saturated heterocycles. The van der Waals surface area contributed by atoms with Gasteiger partial charge in [0.2, 0.25) is 0 Å². The van der Waals surface area contributed by atoms with Gasteiger partial charge in [-0.05, 0) is 17.7 Å². The lowest BCUT2D eigenvalue weighted by Crippen LogP contribution is -2.33. The zero-order valence-corrected chi connectivity index (χ0v) is 11.3. The quantitative estimate of drug-likeness (QED) is 0.837. The molecule has 1 aromatic rings. The fourth-order valence-electron chi connectivity index (χ4n) is 1.90. The summed E-state index contributed by atoms with van der Waals surface area (Å²) in [6.45, 7) is -0.408. The number of methoxy groups -OCH3 is 1. The molecule has 0 bridgehead atoms. The average molecular weight is 293 g/mol. The van der Waals surface area contributed by atoms with Crippen molar-refractivity contribution in [3.05, 3.63) is 29.3 Å². The Labute approximate surface area is 115 Å². The van der Waals surface area contributed by atoms with Crippen molar-refractivity contribution in [2.45, 2.75) is 18.9 Å². The van der Waals surface area contributed by atoms with Gasteiger partial charge in [-0.1, -0.05) is 6.07 Å². The van der Waals surface area contributed by atoms with Gasteiger partial charge in [0.1, 0.15) is 0 Å². The lowest BCUT2D eigenvalue weighted by molar-refractivity contribution is -0.137. The van der Waals surface area contributed by atoms with Crippen LogP contribution in [0.2, 0.25) is 0 Å². The summed E-state index contributed by atoms with van der Waals surface area (Å²) in [7, 11) is 2.86. The zero-order valence-electron chi connectivity index (χ0n) is 11.3. The summed E-state index contributed by atoms with van der Waals surface area (Å²) in [5.41, 5.74) is -0.701. The van der Waals surface area contributed by atoms with E-state index in [9.17, 15) is 18.3 Å². The van der Waals surface area contributed by atoms with Gasteiger partial charge < -0.3 is 19.8 Å². The Hall–Kier alpha value is -1.31. The number of aliphatic hydroxyl groups excluding tert-OH is 2. The third kappa shape index (κ3) is 4.36. The van der Waals surface area contributed by atoms with Crippen LogP contribution in [0.4, 0.5) is 18.9 Å². The van der Waals surface area contributed by atoms with E-state index in [0.29, 0.717) is 0 Å². The zero-order chi connectivity index (χ0) is 15.3. The van der Waals surface area contributed by atoms with Crippen molar-refractivity contribution in [2.75, 3.05) is 32.2 Å². The summed E-state index contributed by atoms with van der Waals surface area (Å²) in [5, 5.41) is 18.5. The summed E-state index contributed by atoms with van der Waals surface area (Å²) in [6, 6.07) is 3.62. The van der Waals surface area contributed by atoms with Crippen molar-refractivity contribution in [3.8, 4) is 0 Å². The first-order valence-corrected chi connectivity index (χ1v) is 5.98. The maximum absolute atomic E-state index is 13.0. The Morgan fingerprint density at radius 3 is 2.50 bits per heavy atom. The molecule has 1 unspecified atom stereocenters. The summed E-state index contributed by atoms with van der Waals surface area (Å²) in [4.78, 5) is 1.31. The van der Waals surface area contributed by atoms with Crippen molar-refractivity contribution in [1.82, 2.24) is 0 Å². The van der Waals surface area contributed by atoms with Crippen LogP contribution in [0, 0.1) is 0 Å². The second-order valence-electron chi connectivity index (χ2n) is 4.50. The molecule has 0 aliphatic rings. The molecule has 2 N–H and O–H groups in total. The van der Waals surface area contributed by atoms with Gasteiger partial charge in [0, 0.05) is 26.4 Å². The number of rotatable bonds is 6. The van der Waals surface area contributed by atoms with Gasteiger partial charge in [-0.15, -0.1) is 0 Å². The second kappa shape index (κ2) is 6.92. The van der Waals surface area contributed by atoms with Crippen LogP contribution in [0.1, 0.15) is 11.1 Å². The van der Waals surface area contributed by atoms with E-state index in [1.54, 1.807) is 0 Å². The Kier molecular flexibility index (Phi) is 5.79. The molecule has 1 rings (SSSR count).